The SMILES string of the molecule is Cc1c(N)cccc1C(=O)NCC1CCC(C(=O)O)CC1. The Hall–Kier alpha value is -2.04. The lowest BCUT2D eigenvalue weighted by molar-refractivity contribution is -0.143. The molecule has 5 nitrogen and oxygen atoms in total. The fourth-order valence-electron chi connectivity index (χ4n) is 2.85. The van der Waals surface area contributed by atoms with Crippen LogP contribution in [0.15, 0.2) is 18.2 Å². The van der Waals surface area contributed by atoms with Crippen molar-refractivity contribution in [1.29, 1.82) is 0 Å². The van der Waals surface area contributed by atoms with Gasteiger partial charge in [0.25, 0.3) is 5.91 Å². The summed E-state index contributed by atoms with van der Waals surface area (Å²) in [6, 6.07) is 5.32. The van der Waals surface area contributed by atoms with Crippen LogP contribution in [0.25, 0.3) is 0 Å². The van der Waals surface area contributed by atoms with E-state index in [9.17, 15) is 9.59 Å². The average molecular weight is 290 g/mol. The van der Waals surface area contributed by atoms with Gasteiger partial charge in [0.1, 0.15) is 0 Å². The molecule has 5 heteroatoms. The van der Waals surface area contributed by atoms with Gasteiger partial charge in [0.2, 0.25) is 0 Å². The first-order chi connectivity index (χ1) is 9.99. The summed E-state index contributed by atoms with van der Waals surface area (Å²) in [4.78, 5) is 23.1. The fraction of sp³-hybridized carbons (Fsp3) is 0.500. The zero-order chi connectivity index (χ0) is 15.4. The molecule has 114 valence electrons. The maximum absolute atomic E-state index is 12.2. The topological polar surface area (TPSA) is 92.4 Å². The Morgan fingerprint density at radius 1 is 1.29 bits per heavy atom. The second-order valence-electron chi connectivity index (χ2n) is 5.79. The molecule has 0 heterocycles. The van der Waals surface area contributed by atoms with E-state index in [0.29, 0.717) is 36.6 Å². The van der Waals surface area contributed by atoms with E-state index in [1.54, 1.807) is 18.2 Å². The van der Waals surface area contributed by atoms with Crippen molar-refractivity contribution in [2.75, 3.05) is 12.3 Å². The third-order valence-electron chi connectivity index (χ3n) is 4.37. The normalized spacial score (nSPS) is 21.8. The van der Waals surface area contributed by atoms with Crippen LogP contribution in [0, 0.1) is 18.8 Å². The molecule has 0 bridgehead atoms. The molecule has 1 saturated carbocycles. The number of carbonyl (C=O) groups excluding carboxylic acids is 1. The van der Waals surface area contributed by atoms with Gasteiger partial charge in [-0.2, -0.15) is 0 Å². The zero-order valence-electron chi connectivity index (χ0n) is 12.3. The number of rotatable bonds is 4. The average Bonchev–Trinajstić information content (AvgIpc) is 2.48. The standard InChI is InChI=1S/C16H22N2O3/c1-10-13(3-2-4-14(10)17)15(19)18-9-11-5-7-12(8-6-11)16(20)21/h2-4,11-12H,5-9,17H2,1H3,(H,18,19)(H,20,21). The number of amides is 1. The van der Waals surface area contributed by atoms with Gasteiger partial charge in [-0.05, 0) is 56.2 Å². The summed E-state index contributed by atoms with van der Waals surface area (Å²) in [5, 5.41) is 11.9. The Labute approximate surface area is 124 Å². The highest BCUT2D eigenvalue weighted by Crippen LogP contribution is 2.28. The predicted octanol–water partition coefficient (Wildman–Crippen LogP) is 2.20. The summed E-state index contributed by atoms with van der Waals surface area (Å²) in [6.45, 7) is 2.43. The maximum Gasteiger partial charge on any atom is 0.306 e. The Morgan fingerprint density at radius 2 is 1.95 bits per heavy atom. The second-order valence-corrected chi connectivity index (χ2v) is 5.79. The lowest BCUT2D eigenvalue weighted by Gasteiger charge is -2.26. The van der Waals surface area contributed by atoms with E-state index >= 15 is 0 Å². The van der Waals surface area contributed by atoms with Crippen molar-refractivity contribution >= 4 is 17.6 Å². The number of aliphatic carboxylic acids is 1. The van der Waals surface area contributed by atoms with Crippen LogP contribution < -0.4 is 11.1 Å². The number of hydrogen-bond donors (Lipinski definition) is 3. The van der Waals surface area contributed by atoms with Crippen LogP contribution in [-0.2, 0) is 4.79 Å². The summed E-state index contributed by atoms with van der Waals surface area (Å²) >= 11 is 0. The molecule has 2 rings (SSSR count). The van der Waals surface area contributed by atoms with Crippen LogP contribution in [0.2, 0.25) is 0 Å². The number of nitrogens with two attached hydrogens (primary N) is 1. The molecule has 0 atom stereocenters. The van der Waals surface area contributed by atoms with Crippen molar-refractivity contribution in [2.45, 2.75) is 32.6 Å². The van der Waals surface area contributed by atoms with Gasteiger partial charge in [0, 0.05) is 17.8 Å². The van der Waals surface area contributed by atoms with Gasteiger partial charge >= 0.3 is 5.97 Å². The number of carboxylic acid groups (broad SMARTS) is 1. The highest BCUT2D eigenvalue weighted by atomic mass is 16.4. The zero-order valence-corrected chi connectivity index (χ0v) is 12.3. The highest BCUT2D eigenvalue weighted by molar-refractivity contribution is 5.96. The third-order valence-corrected chi connectivity index (χ3v) is 4.37. The van der Waals surface area contributed by atoms with Crippen molar-refractivity contribution in [2.24, 2.45) is 11.8 Å². The molecule has 0 radical (unpaired) electrons. The molecule has 0 saturated heterocycles. The molecule has 4 N–H and O–H groups in total. The van der Waals surface area contributed by atoms with E-state index in [1.165, 1.54) is 0 Å². The van der Waals surface area contributed by atoms with Gasteiger partial charge in [-0.3, -0.25) is 9.59 Å². The summed E-state index contributed by atoms with van der Waals surface area (Å²) in [7, 11) is 0. The van der Waals surface area contributed by atoms with Gasteiger partial charge in [-0.1, -0.05) is 6.07 Å². The molecular formula is C16H22N2O3. The molecule has 0 unspecified atom stereocenters. The van der Waals surface area contributed by atoms with E-state index < -0.39 is 5.97 Å². The van der Waals surface area contributed by atoms with Gasteiger partial charge < -0.3 is 16.2 Å². The van der Waals surface area contributed by atoms with E-state index in [-0.39, 0.29) is 11.8 Å². The maximum atomic E-state index is 12.2. The quantitative estimate of drug-likeness (QED) is 0.741. The minimum atomic E-state index is -0.701. The second kappa shape index (κ2) is 6.61. The molecule has 21 heavy (non-hydrogen) atoms. The van der Waals surface area contributed by atoms with Gasteiger partial charge in [0.15, 0.2) is 0 Å². The van der Waals surface area contributed by atoms with E-state index in [2.05, 4.69) is 5.32 Å². The van der Waals surface area contributed by atoms with E-state index in [1.807, 2.05) is 6.92 Å². The first-order valence-electron chi connectivity index (χ1n) is 7.35. The Kier molecular flexibility index (Phi) is 4.83. The van der Waals surface area contributed by atoms with Crippen LogP contribution in [0.3, 0.4) is 0 Å². The molecular weight excluding hydrogens is 268 g/mol. The monoisotopic (exact) mass is 290 g/mol. The van der Waals surface area contributed by atoms with Crippen molar-refractivity contribution in [3.8, 4) is 0 Å². The van der Waals surface area contributed by atoms with Crippen molar-refractivity contribution < 1.29 is 14.7 Å². The number of hydrogen-bond acceptors (Lipinski definition) is 3. The molecule has 1 aliphatic carbocycles. The number of carboxylic acids is 1. The Balaban J connectivity index is 1.85. The smallest absolute Gasteiger partial charge is 0.306 e. The summed E-state index contributed by atoms with van der Waals surface area (Å²) in [5.41, 5.74) is 7.82. The first kappa shape index (κ1) is 15.4. The minimum Gasteiger partial charge on any atom is -0.481 e. The van der Waals surface area contributed by atoms with E-state index in [4.69, 9.17) is 10.8 Å². The van der Waals surface area contributed by atoms with Crippen molar-refractivity contribution in [1.82, 2.24) is 5.32 Å². The predicted molar refractivity (Wildman–Crippen MR) is 81.0 cm³/mol. The molecule has 1 aliphatic rings. The van der Waals surface area contributed by atoms with Crippen LogP contribution in [0.4, 0.5) is 5.69 Å². The number of nitrogens with one attached hydrogen (secondary N) is 1. The van der Waals surface area contributed by atoms with Crippen molar-refractivity contribution in [3.05, 3.63) is 29.3 Å². The van der Waals surface area contributed by atoms with Crippen LogP contribution >= 0.6 is 0 Å². The minimum absolute atomic E-state index is 0.111. The molecule has 1 fully saturated rings. The van der Waals surface area contributed by atoms with E-state index in [0.717, 1.165) is 18.4 Å². The highest BCUT2D eigenvalue weighted by Gasteiger charge is 2.26. The lowest BCUT2D eigenvalue weighted by Crippen LogP contribution is -2.32. The van der Waals surface area contributed by atoms with Crippen LogP contribution in [0.1, 0.15) is 41.6 Å². The fourth-order valence-corrected chi connectivity index (χ4v) is 2.85. The van der Waals surface area contributed by atoms with Gasteiger partial charge in [-0.15, -0.1) is 0 Å². The van der Waals surface area contributed by atoms with Crippen LogP contribution in [-0.4, -0.2) is 23.5 Å². The summed E-state index contributed by atoms with van der Waals surface area (Å²) < 4.78 is 0. The van der Waals surface area contributed by atoms with Gasteiger partial charge in [0.05, 0.1) is 5.92 Å². The molecule has 1 amide bonds. The van der Waals surface area contributed by atoms with Gasteiger partial charge in [-0.25, -0.2) is 0 Å². The number of nitrogen functional groups attached to an aromatic ring is 1. The van der Waals surface area contributed by atoms with Crippen molar-refractivity contribution in [3.63, 3.8) is 0 Å². The number of anilines is 1. The molecule has 0 spiro atoms. The van der Waals surface area contributed by atoms with Crippen LogP contribution in [0.5, 0.6) is 0 Å². The first-order valence-corrected chi connectivity index (χ1v) is 7.35. The molecule has 1 aromatic rings. The third kappa shape index (κ3) is 3.74. The largest absolute Gasteiger partial charge is 0.481 e. The number of carbonyl (C=O) groups is 2. The summed E-state index contributed by atoms with van der Waals surface area (Å²) in [5.74, 6) is -0.660. The summed E-state index contributed by atoms with van der Waals surface area (Å²) in [6.07, 6.45) is 3.11. The Bertz CT molecular complexity index is 534. The molecule has 0 aliphatic heterocycles. The molecule has 0 aromatic heterocycles. The Morgan fingerprint density at radius 3 is 2.57 bits per heavy atom. The molecule has 1 aromatic carbocycles. The number of benzene rings is 1. The lowest BCUT2D eigenvalue weighted by atomic mass is 9.82.